The van der Waals surface area contributed by atoms with E-state index >= 15 is 0 Å². The lowest BCUT2D eigenvalue weighted by Crippen LogP contribution is -2.43. The van der Waals surface area contributed by atoms with Crippen LogP contribution in [-0.4, -0.2) is 48.2 Å². The van der Waals surface area contributed by atoms with Crippen LogP contribution in [0.2, 0.25) is 5.02 Å². The summed E-state index contributed by atoms with van der Waals surface area (Å²) in [7, 11) is -2.25. The van der Waals surface area contributed by atoms with Crippen LogP contribution in [0.4, 0.5) is 0 Å². The molecule has 1 aliphatic rings. The van der Waals surface area contributed by atoms with Gasteiger partial charge in [-0.1, -0.05) is 11.6 Å². The number of ether oxygens (including phenoxy) is 1. The van der Waals surface area contributed by atoms with Crippen LogP contribution in [-0.2, 0) is 26.6 Å². The average molecular weight is 336 g/mol. The second kappa shape index (κ2) is 6.33. The van der Waals surface area contributed by atoms with Crippen molar-refractivity contribution in [2.45, 2.75) is 24.8 Å². The topological polar surface area (TPSA) is 81.5 Å². The minimum Gasteiger partial charge on any atom is -0.466 e. The van der Waals surface area contributed by atoms with Gasteiger partial charge in [0.05, 0.1) is 23.7 Å². The third kappa shape index (κ3) is 3.22. The molecule has 0 spiro atoms. The summed E-state index contributed by atoms with van der Waals surface area (Å²) in [5.74, 6) is -0.783. The lowest BCUT2D eigenvalue weighted by Gasteiger charge is -2.30. The fourth-order valence-electron chi connectivity index (χ4n) is 2.43. The molecule has 0 radical (unpaired) electrons. The third-order valence-electron chi connectivity index (χ3n) is 3.43. The zero-order valence-corrected chi connectivity index (χ0v) is 13.5. The van der Waals surface area contributed by atoms with E-state index in [0.29, 0.717) is 19.4 Å². The molecule has 1 fully saturated rings. The maximum Gasteiger partial charge on any atom is 0.310 e. The molecular weight excluding hydrogens is 318 g/mol. The molecule has 0 N–H and O–H groups in total. The lowest BCUT2D eigenvalue weighted by atomic mass is 10.0. The zero-order chi connectivity index (χ0) is 15.6. The average Bonchev–Trinajstić information content (AvgIpc) is 2.79. The number of carbonyl (C=O) groups excluding carboxylic acids is 1. The number of aryl methyl sites for hydroxylation is 1. The fourth-order valence-corrected chi connectivity index (χ4v) is 4.55. The van der Waals surface area contributed by atoms with Crippen LogP contribution in [0.5, 0.6) is 0 Å². The summed E-state index contributed by atoms with van der Waals surface area (Å²) in [6.07, 6.45) is 2.53. The maximum atomic E-state index is 12.6. The normalized spacial score (nSPS) is 20.4. The molecule has 9 heteroatoms. The first-order valence-corrected chi connectivity index (χ1v) is 8.54. The van der Waals surface area contributed by atoms with Gasteiger partial charge < -0.3 is 4.74 Å². The number of halogens is 1. The van der Waals surface area contributed by atoms with Gasteiger partial charge >= 0.3 is 5.97 Å². The van der Waals surface area contributed by atoms with Gasteiger partial charge in [0.25, 0.3) is 10.0 Å². The Labute approximate surface area is 128 Å². The van der Waals surface area contributed by atoms with Crippen LogP contribution in [0.1, 0.15) is 19.8 Å². The Hall–Kier alpha value is -1.12. The minimum atomic E-state index is -3.77. The molecule has 0 amide bonds. The van der Waals surface area contributed by atoms with Crippen LogP contribution >= 0.6 is 11.6 Å². The second-order valence-corrected chi connectivity index (χ2v) is 7.14. The van der Waals surface area contributed by atoms with Crippen molar-refractivity contribution in [3.63, 3.8) is 0 Å². The number of rotatable bonds is 4. The highest BCUT2D eigenvalue weighted by Gasteiger charge is 2.36. The summed E-state index contributed by atoms with van der Waals surface area (Å²) >= 11 is 5.92. The smallest absolute Gasteiger partial charge is 0.310 e. The van der Waals surface area contributed by atoms with Crippen LogP contribution in [0.15, 0.2) is 11.2 Å². The van der Waals surface area contributed by atoms with E-state index in [1.54, 1.807) is 6.92 Å². The fraction of sp³-hybridized carbons (Fsp3) is 0.667. The van der Waals surface area contributed by atoms with Crippen molar-refractivity contribution in [1.29, 1.82) is 0 Å². The van der Waals surface area contributed by atoms with E-state index in [-0.39, 0.29) is 29.2 Å². The molecule has 1 aliphatic heterocycles. The summed E-state index contributed by atoms with van der Waals surface area (Å²) in [4.78, 5) is 11.8. The number of hydrogen-bond donors (Lipinski definition) is 0. The van der Waals surface area contributed by atoms with E-state index in [9.17, 15) is 13.2 Å². The van der Waals surface area contributed by atoms with Crippen molar-refractivity contribution in [2.75, 3.05) is 19.7 Å². The molecule has 2 rings (SSSR count). The largest absolute Gasteiger partial charge is 0.466 e. The minimum absolute atomic E-state index is 0.0475. The number of sulfonamides is 1. The van der Waals surface area contributed by atoms with E-state index in [1.807, 2.05) is 0 Å². The van der Waals surface area contributed by atoms with Crippen molar-refractivity contribution in [3.05, 3.63) is 11.2 Å². The molecule has 0 aliphatic carbocycles. The predicted molar refractivity (Wildman–Crippen MR) is 76.3 cm³/mol. The standard InChI is InChI=1S/C12H18ClN3O4S/c1-3-20-12(17)9-5-4-6-16(8-9)21(18,19)11-10(13)7-14-15(11)2/h7,9H,3-6,8H2,1-2H3. The van der Waals surface area contributed by atoms with Crippen LogP contribution in [0.3, 0.4) is 0 Å². The van der Waals surface area contributed by atoms with Gasteiger partial charge in [0.15, 0.2) is 5.03 Å². The van der Waals surface area contributed by atoms with Gasteiger partial charge in [0.2, 0.25) is 0 Å². The van der Waals surface area contributed by atoms with Crippen molar-refractivity contribution in [1.82, 2.24) is 14.1 Å². The highest BCUT2D eigenvalue weighted by atomic mass is 35.5. The molecule has 1 aromatic heterocycles. The molecule has 1 atom stereocenters. The summed E-state index contributed by atoms with van der Waals surface area (Å²) in [6.45, 7) is 2.49. The van der Waals surface area contributed by atoms with Crippen LogP contribution in [0.25, 0.3) is 0 Å². The molecule has 118 valence electrons. The SMILES string of the molecule is CCOC(=O)C1CCCN(S(=O)(=O)c2c(Cl)cnn2C)C1. The van der Waals surface area contributed by atoms with E-state index < -0.39 is 15.9 Å². The Kier molecular flexibility index (Phi) is 4.90. The summed E-state index contributed by atoms with van der Waals surface area (Å²) in [5.41, 5.74) is 0. The summed E-state index contributed by atoms with van der Waals surface area (Å²) in [5, 5.41) is 3.88. The van der Waals surface area contributed by atoms with Crippen molar-refractivity contribution >= 4 is 27.6 Å². The molecule has 7 nitrogen and oxygen atoms in total. The van der Waals surface area contributed by atoms with E-state index in [2.05, 4.69) is 5.10 Å². The molecule has 2 heterocycles. The van der Waals surface area contributed by atoms with Gasteiger partial charge in [-0.3, -0.25) is 9.48 Å². The summed E-state index contributed by atoms with van der Waals surface area (Å²) in [6, 6.07) is 0. The Morgan fingerprint density at radius 2 is 2.29 bits per heavy atom. The first-order chi connectivity index (χ1) is 9.87. The first kappa shape index (κ1) is 16.3. The Bertz CT molecular complexity index is 609. The van der Waals surface area contributed by atoms with Gasteiger partial charge in [0.1, 0.15) is 0 Å². The number of aromatic nitrogens is 2. The van der Waals surface area contributed by atoms with Crippen molar-refractivity contribution < 1.29 is 17.9 Å². The molecule has 0 aromatic carbocycles. The Morgan fingerprint density at radius 1 is 1.57 bits per heavy atom. The third-order valence-corrected chi connectivity index (χ3v) is 5.80. The molecule has 1 unspecified atom stereocenters. The summed E-state index contributed by atoms with van der Waals surface area (Å²) < 4.78 is 32.8. The molecule has 1 saturated heterocycles. The van der Waals surface area contributed by atoms with E-state index in [4.69, 9.17) is 16.3 Å². The Morgan fingerprint density at radius 3 is 2.86 bits per heavy atom. The lowest BCUT2D eigenvalue weighted by molar-refractivity contribution is -0.149. The predicted octanol–water partition coefficient (Wildman–Crippen LogP) is 1.04. The number of hydrogen-bond acceptors (Lipinski definition) is 5. The number of esters is 1. The van der Waals surface area contributed by atoms with E-state index in [0.717, 1.165) is 0 Å². The number of carbonyl (C=O) groups is 1. The quantitative estimate of drug-likeness (QED) is 0.768. The van der Waals surface area contributed by atoms with Crippen molar-refractivity contribution in [3.8, 4) is 0 Å². The van der Waals surface area contributed by atoms with Crippen molar-refractivity contribution in [2.24, 2.45) is 13.0 Å². The number of piperidine rings is 1. The highest BCUT2D eigenvalue weighted by Crippen LogP contribution is 2.28. The molecule has 0 saturated carbocycles. The number of nitrogens with zero attached hydrogens (tertiary/aromatic N) is 3. The van der Waals surface area contributed by atoms with Gasteiger partial charge in [-0.25, -0.2) is 8.42 Å². The molecule has 21 heavy (non-hydrogen) atoms. The molecule has 0 bridgehead atoms. The highest BCUT2D eigenvalue weighted by molar-refractivity contribution is 7.89. The first-order valence-electron chi connectivity index (χ1n) is 6.72. The van der Waals surface area contributed by atoms with Gasteiger partial charge in [-0.2, -0.15) is 9.40 Å². The van der Waals surface area contributed by atoms with E-state index in [1.165, 1.54) is 22.2 Å². The second-order valence-electron chi connectivity index (χ2n) is 4.88. The van der Waals surface area contributed by atoms with Gasteiger partial charge in [-0.15, -0.1) is 0 Å². The van der Waals surface area contributed by atoms with Crippen LogP contribution < -0.4 is 0 Å². The molecule has 1 aromatic rings. The molecular formula is C12H18ClN3O4S. The van der Waals surface area contributed by atoms with Gasteiger partial charge in [-0.05, 0) is 19.8 Å². The monoisotopic (exact) mass is 335 g/mol. The Balaban J connectivity index is 2.23. The maximum absolute atomic E-state index is 12.6. The van der Waals surface area contributed by atoms with Gasteiger partial charge in [0, 0.05) is 20.1 Å². The zero-order valence-electron chi connectivity index (χ0n) is 12.0. The van der Waals surface area contributed by atoms with Crippen LogP contribution in [0, 0.1) is 5.92 Å².